The lowest BCUT2D eigenvalue weighted by Gasteiger charge is -2.20. The van der Waals surface area contributed by atoms with E-state index in [1.165, 1.54) is 12.0 Å². The van der Waals surface area contributed by atoms with Crippen LogP contribution in [0.1, 0.15) is 33.1 Å². The summed E-state index contributed by atoms with van der Waals surface area (Å²) in [4.78, 5) is 0. The van der Waals surface area contributed by atoms with Gasteiger partial charge in [0.05, 0.1) is 5.70 Å². The van der Waals surface area contributed by atoms with Crippen molar-refractivity contribution in [1.29, 1.82) is 0 Å². The molecule has 0 atom stereocenters. The average molecular weight is 225 g/mol. The van der Waals surface area contributed by atoms with Crippen LogP contribution in [0.15, 0.2) is 23.4 Å². The van der Waals surface area contributed by atoms with Crippen LogP contribution in [0.2, 0.25) is 0 Å². The predicted molar refractivity (Wildman–Crippen MR) is 67.9 cm³/mol. The van der Waals surface area contributed by atoms with Gasteiger partial charge in [0.2, 0.25) is 0 Å². The highest BCUT2D eigenvalue weighted by molar-refractivity contribution is 7.80. The zero-order chi connectivity index (χ0) is 11.3. The zero-order valence-electron chi connectivity index (χ0n) is 9.34. The summed E-state index contributed by atoms with van der Waals surface area (Å²) in [5.74, 6) is 0.563. The highest BCUT2D eigenvalue weighted by Crippen LogP contribution is 2.23. The second-order valence-corrected chi connectivity index (χ2v) is 4.50. The number of hydrazine groups is 1. The fraction of sp³-hybridized carbons (Fsp3) is 0.545. The molecule has 0 aromatic carbocycles. The monoisotopic (exact) mass is 225 g/mol. The molecule has 0 spiro atoms. The molecule has 0 unspecified atom stereocenters. The maximum atomic E-state index is 5.37. The molecule has 4 N–H and O–H groups in total. The molecular formula is C11H19N3S. The van der Waals surface area contributed by atoms with Crippen molar-refractivity contribution in [2.75, 3.05) is 0 Å². The smallest absolute Gasteiger partial charge is 0.182 e. The number of thiocarbonyl (C=S) groups is 1. The van der Waals surface area contributed by atoms with Gasteiger partial charge in [0.15, 0.2) is 5.11 Å². The molecule has 0 amide bonds. The lowest BCUT2D eigenvalue weighted by Crippen LogP contribution is -2.41. The Morgan fingerprint density at radius 2 is 2.33 bits per heavy atom. The molecule has 1 rings (SSSR count). The van der Waals surface area contributed by atoms with Gasteiger partial charge >= 0.3 is 0 Å². The Balaban J connectivity index is 2.65. The Morgan fingerprint density at radius 1 is 1.60 bits per heavy atom. The molecule has 0 aromatic heterocycles. The van der Waals surface area contributed by atoms with Gasteiger partial charge in [-0.25, -0.2) is 0 Å². The molecule has 1 aliphatic carbocycles. The lowest BCUT2D eigenvalue weighted by molar-refractivity contribution is 0.692. The van der Waals surface area contributed by atoms with E-state index < -0.39 is 0 Å². The molecular weight excluding hydrogens is 206 g/mol. The van der Waals surface area contributed by atoms with E-state index in [4.69, 9.17) is 18.0 Å². The minimum absolute atomic E-state index is 0.269. The highest BCUT2D eigenvalue weighted by atomic mass is 32.1. The Labute approximate surface area is 96.8 Å². The van der Waals surface area contributed by atoms with E-state index >= 15 is 0 Å². The highest BCUT2D eigenvalue weighted by Gasteiger charge is 2.10. The van der Waals surface area contributed by atoms with Crippen molar-refractivity contribution < 1.29 is 0 Å². The third-order valence-corrected chi connectivity index (χ3v) is 2.30. The number of nitrogens with one attached hydrogen (secondary N) is 2. The van der Waals surface area contributed by atoms with E-state index in [0.717, 1.165) is 18.5 Å². The molecule has 0 radical (unpaired) electrons. The Morgan fingerprint density at radius 3 is 2.93 bits per heavy atom. The van der Waals surface area contributed by atoms with Crippen LogP contribution in [0.5, 0.6) is 0 Å². The fourth-order valence-corrected chi connectivity index (χ4v) is 1.69. The Kier molecular flexibility index (Phi) is 4.62. The van der Waals surface area contributed by atoms with Crippen LogP contribution in [0.25, 0.3) is 0 Å². The first-order valence-corrected chi connectivity index (χ1v) is 5.73. The molecule has 0 fully saturated rings. The van der Waals surface area contributed by atoms with E-state index in [1.807, 2.05) is 0 Å². The van der Waals surface area contributed by atoms with Crippen molar-refractivity contribution >= 4 is 17.3 Å². The van der Waals surface area contributed by atoms with Gasteiger partial charge in [0.25, 0.3) is 0 Å². The summed E-state index contributed by atoms with van der Waals surface area (Å²) in [5.41, 5.74) is 13.6. The maximum Gasteiger partial charge on any atom is 0.182 e. The summed E-state index contributed by atoms with van der Waals surface area (Å²) in [5, 5.41) is 0.269. The fourth-order valence-electron chi connectivity index (χ4n) is 1.64. The van der Waals surface area contributed by atoms with Crippen molar-refractivity contribution in [3.05, 3.63) is 23.4 Å². The van der Waals surface area contributed by atoms with Gasteiger partial charge in [-0.05, 0) is 43.0 Å². The van der Waals surface area contributed by atoms with E-state index in [-0.39, 0.29) is 5.11 Å². The quantitative estimate of drug-likeness (QED) is 0.508. The molecule has 0 aromatic rings. The van der Waals surface area contributed by atoms with Gasteiger partial charge in [-0.1, -0.05) is 26.0 Å². The summed E-state index contributed by atoms with van der Waals surface area (Å²) in [6.07, 6.45) is 7.91. The first-order chi connectivity index (χ1) is 7.09. The van der Waals surface area contributed by atoms with Crippen molar-refractivity contribution in [1.82, 2.24) is 10.9 Å². The third-order valence-electron chi connectivity index (χ3n) is 2.20. The van der Waals surface area contributed by atoms with Gasteiger partial charge in [-0.2, -0.15) is 0 Å². The van der Waals surface area contributed by atoms with Crippen LogP contribution in [0.4, 0.5) is 0 Å². The molecule has 0 saturated carbocycles. The molecule has 1 aliphatic rings. The molecule has 0 heterocycles. The van der Waals surface area contributed by atoms with E-state index in [9.17, 15) is 0 Å². The van der Waals surface area contributed by atoms with E-state index in [2.05, 4.69) is 36.9 Å². The van der Waals surface area contributed by atoms with Crippen LogP contribution in [0, 0.1) is 5.92 Å². The third kappa shape index (κ3) is 4.34. The van der Waals surface area contributed by atoms with Crippen molar-refractivity contribution in [2.45, 2.75) is 33.1 Å². The van der Waals surface area contributed by atoms with Gasteiger partial charge in [0, 0.05) is 0 Å². The maximum absolute atomic E-state index is 5.37. The average Bonchev–Trinajstić information content (AvgIpc) is 2.15. The number of allylic oxidation sites excluding steroid dienone is 3. The van der Waals surface area contributed by atoms with Crippen LogP contribution < -0.4 is 16.6 Å². The molecule has 0 bridgehead atoms. The minimum Gasteiger partial charge on any atom is -0.375 e. The molecule has 84 valence electrons. The van der Waals surface area contributed by atoms with Crippen LogP contribution in [-0.2, 0) is 0 Å². The largest absolute Gasteiger partial charge is 0.375 e. The first-order valence-electron chi connectivity index (χ1n) is 5.32. The van der Waals surface area contributed by atoms with Crippen molar-refractivity contribution in [3.8, 4) is 0 Å². The lowest BCUT2D eigenvalue weighted by atomic mass is 9.96. The summed E-state index contributed by atoms with van der Waals surface area (Å²) >= 11 is 4.75. The number of rotatable bonds is 3. The second kappa shape index (κ2) is 5.75. The van der Waals surface area contributed by atoms with Crippen LogP contribution in [-0.4, -0.2) is 5.11 Å². The first kappa shape index (κ1) is 12.0. The molecule has 4 heteroatoms. The molecule has 0 saturated heterocycles. The standard InChI is InChI=1S/C11H19N3S/c1-8(2)7-9-5-3-4-6-10(9)13-14-11(12)15/h6-8,13H,3-5H2,1-2H3,(H3,12,14,15). The van der Waals surface area contributed by atoms with Crippen molar-refractivity contribution in [3.63, 3.8) is 0 Å². The van der Waals surface area contributed by atoms with Crippen LogP contribution >= 0.6 is 12.2 Å². The Bertz CT molecular complexity index is 292. The normalized spacial score (nSPS) is 18.9. The zero-order valence-corrected chi connectivity index (χ0v) is 10.2. The SMILES string of the molecule is CC(C)C=C1CCCC=C1NNC(N)=S. The second-order valence-electron chi connectivity index (χ2n) is 4.06. The summed E-state index contributed by atoms with van der Waals surface area (Å²) in [7, 11) is 0. The van der Waals surface area contributed by atoms with Gasteiger partial charge in [-0.15, -0.1) is 0 Å². The number of hydrogen-bond acceptors (Lipinski definition) is 2. The summed E-state index contributed by atoms with van der Waals surface area (Å²) in [6.45, 7) is 4.36. The van der Waals surface area contributed by atoms with E-state index in [0.29, 0.717) is 5.92 Å². The van der Waals surface area contributed by atoms with E-state index in [1.54, 1.807) is 0 Å². The molecule has 0 aliphatic heterocycles. The molecule has 3 nitrogen and oxygen atoms in total. The van der Waals surface area contributed by atoms with Gasteiger partial charge in [0.1, 0.15) is 0 Å². The van der Waals surface area contributed by atoms with Crippen molar-refractivity contribution in [2.24, 2.45) is 11.7 Å². The summed E-state index contributed by atoms with van der Waals surface area (Å²) in [6, 6.07) is 0. The summed E-state index contributed by atoms with van der Waals surface area (Å²) < 4.78 is 0. The number of nitrogens with two attached hydrogens (primary N) is 1. The topological polar surface area (TPSA) is 50.1 Å². The molecule has 15 heavy (non-hydrogen) atoms. The van der Waals surface area contributed by atoms with Crippen LogP contribution in [0.3, 0.4) is 0 Å². The minimum atomic E-state index is 0.269. The van der Waals surface area contributed by atoms with Gasteiger partial charge < -0.3 is 5.73 Å². The van der Waals surface area contributed by atoms with Gasteiger partial charge in [-0.3, -0.25) is 10.9 Å². The number of hydrogen-bond donors (Lipinski definition) is 3. The predicted octanol–water partition coefficient (Wildman–Crippen LogP) is 1.97. The Hall–Kier alpha value is -1.03.